The van der Waals surface area contributed by atoms with Crippen molar-refractivity contribution in [3.8, 4) is 0 Å². The summed E-state index contributed by atoms with van der Waals surface area (Å²) in [5.74, 6) is 2.16. The first-order valence-corrected chi connectivity index (χ1v) is 9.95. The van der Waals surface area contributed by atoms with E-state index in [4.69, 9.17) is 0 Å². The topological polar surface area (TPSA) is 49.4 Å². The third-order valence-corrected chi connectivity index (χ3v) is 6.97. The lowest BCUT2D eigenvalue weighted by Crippen LogP contribution is -2.61. The van der Waals surface area contributed by atoms with Gasteiger partial charge in [-0.05, 0) is 75.3 Å². The van der Waals surface area contributed by atoms with Crippen LogP contribution in [0.1, 0.15) is 54.4 Å². The first-order valence-electron chi connectivity index (χ1n) is 9.95. The number of benzene rings is 1. The monoisotopic (exact) mass is 354 g/mol. The van der Waals surface area contributed by atoms with Gasteiger partial charge in [-0.3, -0.25) is 9.59 Å². The minimum Gasteiger partial charge on any atom is -0.347 e. The van der Waals surface area contributed by atoms with E-state index in [0.29, 0.717) is 5.56 Å². The quantitative estimate of drug-likeness (QED) is 0.901. The molecular weight excluding hydrogens is 324 g/mol. The van der Waals surface area contributed by atoms with Crippen LogP contribution in [-0.2, 0) is 4.79 Å². The molecule has 0 saturated heterocycles. The van der Waals surface area contributed by atoms with Gasteiger partial charge < -0.3 is 10.2 Å². The number of aryl methyl sites for hydroxylation is 1. The van der Waals surface area contributed by atoms with Gasteiger partial charge in [0.25, 0.3) is 5.91 Å². The number of likely N-dealkylation sites (N-methyl/N-ethyl adjacent to an activating group) is 1. The highest BCUT2D eigenvalue weighted by Gasteiger charge is 2.56. The highest BCUT2D eigenvalue weighted by Crippen LogP contribution is 2.61. The Morgan fingerprint density at radius 2 is 1.50 bits per heavy atom. The van der Waals surface area contributed by atoms with E-state index in [-0.39, 0.29) is 17.2 Å². The molecule has 4 heteroatoms. The summed E-state index contributed by atoms with van der Waals surface area (Å²) in [5.41, 5.74) is 1.72. The van der Waals surface area contributed by atoms with Crippen molar-refractivity contribution in [3.05, 3.63) is 35.4 Å². The van der Waals surface area contributed by atoms with Crippen molar-refractivity contribution >= 4 is 11.8 Å². The Morgan fingerprint density at radius 3 is 1.96 bits per heavy atom. The first-order chi connectivity index (χ1) is 12.4. The minimum absolute atomic E-state index is 0.0452. The van der Waals surface area contributed by atoms with Crippen LogP contribution in [0.3, 0.4) is 0 Å². The Hall–Kier alpha value is -1.84. The summed E-state index contributed by atoms with van der Waals surface area (Å²) in [6, 6.07) is 7.19. The van der Waals surface area contributed by atoms with Crippen molar-refractivity contribution in [1.29, 1.82) is 0 Å². The Labute approximate surface area is 156 Å². The first kappa shape index (κ1) is 17.6. The molecule has 0 aromatic heterocycles. The minimum atomic E-state index is -0.403. The smallest absolute Gasteiger partial charge is 0.251 e. The molecule has 4 aliphatic rings. The van der Waals surface area contributed by atoms with E-state index in [1.165, 1.54) is 19.3 Å². The van der Waals surface area contributed by atoms with E-state index in [9.17, 15) is 9.59 Å². The van der Waals surface area contributed by atoms with Crippen molar-refractivity contribution in [3.63, 3.8) is 0 Å². The van der Waals surface area contributed by atoms with Gasteiger partial charge in [-0.2, -0.15) is 0 Å². The molecule has 140 valence electrons. The summed E-state index contributed by atoms with van der Waals surface area (Å²) < 4.78 is 0. The molecule has 0 radical (unpaired) electrons. The average Bonchev–Trinajstić information content (AvgIpc) is 2.58. The van der Waals surface area contributed by atoms with Gasteiger partial charge in [-0.25, -0.2) is 0 Å². The Balaban J connectivity index is 1.62. The molecule has 1 N–H and O–H groups in total. The highest BCUT2D eigenvalue weighted by atomic mass is 16.2. The molecule has 4 saturated carbocycles. The molecular formula is C22H30N2O2. The predicted molar refractivity (Wildman–Crippen MR) is 102 cm³/mol. The van der Waals surface area contributed by atoms with Crippen LogP contribution in [-0.4, -0.2) is 36.9 Å². The predicted octanol–water partition coefficient (Wildman–Crippen LogP) is 3.40. The van der Waals surface area contributed by atoms with Gasteiger partial charge >= 0.3 is 0 Å². The molecule has 1 aromatic carbocycles. The molecule has 5 rings (SSSR count). The second-order valence-corrected chi connectivity index (χ2v) is 9.29. The number of carbonyl (C=O) groups excluding carboxylic acids is 2. The van der Waals surface area contributed by atoms with Gasteiger partial charge in [-0.1, -0.05) is 17.7 Å². The number of amides is 2. The normalized spacial score (nSPS) is 33.0. The third kappa shape index (κ3) is 3.04. The van der Waals surface area contributed by atoms with Gasteiger partial charge in [0.2, 0.25) is 5.91 Å². The molecule has 0 heterocycles. The molecule has 4 nitrogen and oxygen atoms in total. The summed E-state index contributed by atoms with van der Waals surface area (Å²) in [4.78, 5) is 27.6. The molecule has 4 aliphatic carbocycles. The van der Waals surface area contributed by atoms with Gasteiger partial charge in [0, 0.05) is 25.1 Å². The Kier molecular flexibility index (Phi) is 4.32. The van der Waals surface area contributed by atoms with Crippen LogP contribution in [0.2, 0.25) is 0 Å². The number of nitrogens with zero attached hydrogens (tertiary/aromatic N) is 1. The summed E-state index contributed by atoms with van der Waals surface area (Å²) in [6.07, 6.45) is 7.27. The van der Waals surface area contributed by atoms with Crippen molar-refractivity contribution < 1.29 is 9.59 Å². The van der Waals surface area contributed by atoms with Gasteiger partial charge in [0.15, 0.2) is 0 Å². The number of hydrogen-bond donors (Lipinski definition) is 1. The molecule has 1 unspecified atom stereocenters. The molecule has 4 bridgehead atoms. The van der Waals surface area contributed by atoms with Crippen LogP contribution in [0.25, 0.3) is 0 Å². The second kappa shape index (κ2) is 6.40. The van der Waals surface area contributed by atoms with Crippen molar-refractivity contribution in [2.75, 3.05) is 14.1 Å². The zero-order valence-corrected chi connectivity index (χ0v) is 16.1. The molecule has 4 fully saturated rings. The Bertz CT molecular complexity index is 672. The molecule has 26 heavy (non-hydrogen) atoms. The van der Waals surface area contributed by atoms with E-state index in [0.717, 1.165) is 42.6 Å². The molecule has 0 aliphatic heterocycles. The van der Waals surface area contributed by atoms with E-state index in [2.05, 4.69) is 5.32 Å². The molecule has 1 aromatic rings. The zero-order chi connectivity index (χ0) is 18.5. The molecule has 2 amide bonds. The van der Waals surface area contributed by atoms with E-state index in [1.54, 1.807) is 19.0 Å². The van der Waals surface area contributed by atoms with Crippen LogP contribution in [0.15, 0.2) is 24.3 Å². The fourth-order valence-corrected chi connectivity index (χ4v) is 6.19. The largest absolute Gasteiger partial charge is 0.347 e. The average molecular weight is 354 g/mol. The van der Waals surface area contributed by atoms with Crippen molar-refractivity contribution in [2.45, 2.75) is 51.5 Å². The van der Waals surface area contributed by atoms with E-state index >= 15 is 0 Å². The summed E-state index contributed by atoms with van der Waals surface area (Å²) in [7, 11) is 3.60. The maximum Gasteiger partial charge on any atom is 0.251 e. The fraction of sp³-hybridized carbons (Fsp3) is 0.636. The lowest BCUT2D eigenvalue weighted by molar-refractivity contribution is -0.142. The van der Waals surface area contributed by atoms with Gasteiger partial charge in [-0.15, -0.1) is 0 Å². The summed E-state index contributed by atoms with van der Waals surface area (Å²) >= 11 is 0. The zero-order valence-electron chi connectivity index (χ0n) is 16.1. The van der Waals surface area contributed by atoms with Gasteiger partial charge in [0.05, 0.1) is 0 Å². The fourth-order valence-electron chi connectivity index (χ4n) is 6.19. The van der Waals surface area contributed by atoms with Crippen LogP contribution in [0.5, 0.6) is 0 Å². The van der Waals surface area contributed by atoms with Crippen molar-refractivity contribution in [2.24, 2.45) is 23.2 Å². The summed E-state index contributed by atoms with van der Waals surface area (Å²) in [5, 5.41) is 3.16. The lowest BCUT2D eigenvalue weighted by atomic mass is 9.47. The number of nitrogens with one attached hydrogen (secondary N) is 1. The van der Waals surface area contributed by atoms with E-state index in [1.807, 2.05) is 31.2 Å². The number of rotatable bonds is 4. The summed E-state index contributed by atoms with van der Waals surface area (Å²) in [6.45, 7) is 2.01. The number of carbonyl (C=O) groups is 2. The molecule has 1 atom stereocenters. The van der Waals surface area contributed by atoms with Crippen molar-refractivity contribution in [1.82, 2.24) is 10.2 Å². The van der Waals surface area contributed by atoms with Crippen LogP contribution in [0, 0.1) is 30.1 Å². The van der Waals surface area contributed by atoms with Gasteiger partial charge in [0.1, 0.15) is 6.04 Å². The highest BCUT2D eigenvalue weighted by molar-refractivity contribution is 5.97. The van der Waals surface area contributed by atoms with E-state index < -0.39 is 6.04 Å². The standard InChI is InChI=1S/C22H30N2O2/c1-14-4-6-18(7-5-14)20(25)23-19(21(26)24(2)3)22-11-15-8-16(12-22)10-17(9-15)13-22/h4-7,15-17,19H,8-13H2,1-3H3,(H,23,25). The lowest BCUT2D eigenvalue weighted by Gasteiger charge is -2.59. The maximum absolute atomic E-state index is 13.1. The van der Waals surface area contributed by atoms with Crippen LogP contribution >= 0.6 is 0 Å². The number of hydrogen-bond acceptors (Lipinski definition) is 2. The second-order valence-electron chi connectivity index (χ2n) is 9.29. The Morgan fingerprint density at radius 1 is 1.00 bits per heavy atom. The third-order valence-electron chi connectivity index (χ3n) is 6.97. The van der Waals surface area contributed by atoms with Crippen LogP contribution < -0.4 is 5.32 Å². The van der Waals surface area contributed by atoms with Crippen LogP contribution in [0.4, 0.5) is 0 Å². The molecule has 0 spiro atoms. The maximum atomic E-state index is 13.1. The SMILES string of the molecule is Cc1ccc(C(=O)NC(C(=O)N(C)C)C23CC4CC(CC(C4)C2)C3)cc1.